The summed E-state index contributed by atoms with van der Waals surface area (Å²) < 4.78 is 5.64. The Morgan fingerprint density at radius 3 is 2.92 bits per heavy atom. The molecule has 5 nitrogen and oxygen atoms in total. The molecule has 2 aromatic rings. The summed E-state index contributed by atoms with van der Waals surface area (Å²) >= 11 is 0. The maximum Gasteiger partial charge on any atom is 0.131 e. The largest absolute Gasteiger partial charge is 0.496 e. The summed E-state index contributed by atoms with van der Waals surface area (Å²) in [7, 11) is 1.72. The standard InChI is InChI=1S/C19H22N4O/c1-24-18-10-19(23-16-3-6-20-7-4-16)22-12-17(18)14-8-13-2-5-21-11-15(13)9-14/h2,5,8,10-12,16,20H,3-4,6-7,9H2,1H3,(H,22,23). The number of nitrogens with one attached hydrogen (secondary N) is 2. The van der Waals surface area contributed by atoms with E-state index in [1.165, 1.54) is 16.7 Å². The minimum Gasteiger partial charge on any atom is -0.496 e. The molecule has 2 aliphatic rings. The number of aromatic nitrogens is 2. The zero-order valence-corrected chi connectivity index (χ0v) is 13.9. The van der Waals surface area contributed by atoms with Gasteiger partial charge in [-0.3, -0.25) is 4.98 Å². The minimum atomic E-state index is 0.482. The van der Waals surface area contributed by atoms with Crippen molar-refractivity contribution in [2.75, 3.05) is 25.5 Å². The van der Waals surface area contributed by atoms with E-state index < -0.39 is 0 Å². The van der Waals surface area contributed by atoms with E-state index in [4.69, 9.17) is 4.74 Å². The Morgan fingerprint density at radius 1 is 1.25 bits per heavy atom. The Kier molecular flexibility index (Phi) is 4.17. The third-order valence-corrected chi connectivity index (χ3v) is 4.77. The van der Waals surface area contributed by atoms with Crippen LogP contribution in [-0.4, -0.2) is 36.2 Å². The molecule has 0 spiro atoms. The number of ether oxygens (including phenoxy) is 1. The quantitative estimate of drug-likeness (QED) is 0.906. The average Bonchev–Trinajstić information content (AvgIpc) is 3.06. The van der Waals surface area contributed by atoms with E-state index in [0.717, 1.165) is 49.5 Å². The highest BCUT2D eigenvalue weighted by molar-refractivity contribution is 5.90. The Hall–Kier alpha value is -2.40. The number of fused-ring (bicyclic) bond motifs is 1. The van der Waals surface area contributed by atoms with Crippen LogP contribution in [0.15, 0.2) is 30.7 Å². The van der Waals surface area contributed by atoms with Gasteiger partial charge < -0.3 is 15.4 Å². The molecule has 0 radical (unpaired) electrons. The van der Waals surface area contributed by atoms with Crippen LogP contribution in [0.2, 0.25) is 0 Å². The molecule has 0 atom stereocenters. The van der Waals surface area contributed by atoms with Crippen LogP contribution in [0.4, 0.5) is 5.82 Å². The molecular formula is C19H22N4O. The first-order valence-electron chi connectivity index (χ1n) is 8.48. The molecule has 0 saturated carbocycles. The van der Waals surface area contributed by atoms with E-state index in [1.807, 2.05) is 24.7 Å². The molecule has 0 aromatic carbocycles. The second-order valence-corrected chi connectivity index (χ2v) is 6.36. The van der Waals surface area contributed by atoms with Gasteiger partial charge in [0, 0.05) is 42.7 Å². The topological polar surface area (TPSA) is 59.1 Å². The fourth-order valence-electron chi connectivity index (χ4n) is 3.44. The summed E-state index contributed by atoms with van der Waals surface area (Å²) in [5.74, 6) is 1.76. The number of rotatable bonds is 4. The number of anilines is 1. The number of hydrogen-bond acceptors (Lipinski definition) is 5. The van der Waals surface area contributed by atoms with Crippen LogP contribution >= 0.6 is 0 Å². The molecule has 0 amide bonds. The van der Waals surface area contributed by atoms with Crippen molar-refractivity contribution in [3.8, 4) is 5.75 Å². The first-order valence-corrected chi connectivity index (χ1v) is 8.48. The lowest BCUT2D eigenvalue weighted by molar-refractivity contribution is 0.412. The first kappa shape index (κ1) is 15.1. The normalized spacial score (nSPS) is 17.3. The molecule has 2 aromatic heterocycles. The Labute approximate surface area is 142 Å². The number of methoxy groups -OCH3 is 1. The molecular weight excluding hydrogens is 300 g/mol. The van der Waals surface area contributed by atoms with Gasteiger partial charge in [0.15, 0.2) is 0 Å². The Morgan fingerprint density at radius 2 is 2.12 bits per heavy atom. The summed E-state index contributed by atoms with van der Waals surface area (Å²) in [5, 5.41) is 6.91. The lowest BCUT2D eigenvalue weighted by Gasteiger charge is -2.24. The van der Waals surface area contributed by atoms with Gasteiger partial charge in [0.1, 0.15) is 11.6 Å². The molecule has 0 unspecified atom stereocenters. The highest BCUT2D eigenvalue weighted by atomic mass is 16.5. The van der Waals surface area contributed by atoms with E-state index in [2.05, 4.69) is 32.7 Å². The molecule has 1 saturated heterocycles. The Balaban J connectivity index is 1.56. The van der Waals surface area contributed by atoms with Crippen LogP contribution in [0, 0.1) is 0 Å². The molecule has 124 valence electrons. The van der Waals surface area contributed by atoms with Crippen molar-refractivity contribution < 1.29 is 4.74 Å². The lowest BCUT2D eigenvalue weighted by Crippen LogP contribution is -2.35. The number of nitrogens with zero attached hydrogens (tertiary/aromatic N) is 2. The van der Waals surface area contributed by atoms with Crippen molar-refractivity contribution in [3.05, 3.63) is 47.4 Å². The first-order chi connectivity index (χ1) is 11.8. The van der Waals surface area contributed by atoms with Crippen LogP contribution < -0.4 is 15.4 Å². The zero-order chi connectivity index (χ0) is 16.4. The van der Waals surface area contributed by atoms with Crippen LogP contribution in [0.3, 0.4) is 0 Å². The van der Waals surface area contributed by atoms with Gasteiger partial charge in [0.25, 0.3) is 0 Å². The molecule has 1 aliphatic heterocycles. The number of hydrogen-bond donors (Lipinski definition) is 2. The minimum absolute atomic E-state index is 0.482. The van der Waals surface area contributed by atoms with Gasteiger partial charge in [-0.25, -0.2) is 4.98 Å². The van der Waals surface area contributed by atoms with Gasteiger partial charge in [0.2, 0.25) is 0 Å². The van der Waals surface area contributed by atoms with E-state index in [9.17, 15) is 0 Å². The van der Waals surface area contributed by atoms with Gasteiger partial charge >= 0.3 is 0 Å². The number of allylic oxidation sites excluding steroid dienone is 1. The fraction of sp³-hybridized carbons (Fsp3) is 0.368. The Bertz CT molecular complexity index is 766. The molecule has 2 N–H and O–H groups in total. The van der Waals surface area contributed by atoms with Gasteiger partial charge in [-0.05, 0) is 48.7 Å². The predicted octanol–water partition coefficient (Wildman–Crippen LogP) is 2.75. The van der Waals surface area contributed by atoms with Crippen molar-refractivity contribution in [3.63, 3.8) is 0 Å². The molecule has 3 heterocycles. The molecule has 0 bridgehead atoms. The third kappa shape index (κ3) is 2.99. The monoisotopic (exact) mass is 322 g/mol. The molecule has 5 heteroatoms. The summed E-state index contributed by atoms with van der Waals surface area (Å²) in [4.78, 5) is 8.83. The second kappa shape index (κ2) is 6.61. The maximum absolute atomic E-state index is 5.64. The van der Waals surface area contributed by atoms with Gasteiger partial charge in [-0.15, -0.1) is 0 Å². The summed E-state index contributed by atoms with van der Waals surface area (Å²) in [5.41, 5.74) is 4.78. The van der Waals surface area contributed by atoms with E-state index >= 15 is 0 Å². The van der Waals surface area contributed by atoms with Crippen LogP contribution in [0.1, 0.15) is 29.5 Å². The molecule has 1 fully saturated rings. The molecule has 24 heavy (non-hydrogen) atoms. The average molecular weight is 322 g/mol. The fourth-order valence-corrected chi connectivity index (χ4v) is 3.44. The van der Waals surface area contributed by atoms with E-state index in [0.29, 0.717) is 6.04 Å². The van der Waals surface area contributed by atoms with Crippen LogP contribution in [-0.2, 0) is 6.42 Å². The molecule has 1 aliphatic carbocycles. The van der Waals surface area contributed by atoms with Crippen molar-refractivity contribution in [2.45, 2.75) is 25.3 Å². The smallest absolute Gasteiger partial charge is 0.131 e. The van der Waals surface area contributed by atoms with E-state index in [1.54, 1.807) is 7.11 Å². The highest BCUT2D eigenvalue weighted by Gasteiger charge is 2.19. The maximum atomic E-state index is 5.64. The molecule has 4 rings (SSSR count). The van der Waals surface area contributed by atoms with E-state index in [-0.39, 0.29) is 0 Å². The number of piperidine rings is 1. The van der Waals surface area contributed by atoms with Gasteiger partial charge in [0.05, 0.1) is 7.11 Å². The van der Waals surface area contributed by atoms with Crippen molar-refractivity contribution in [1.29, 1.82) is 0 Å². The van der Waals surface area contributed by atoms with Crippen LogP contribution in [0.5, 0.6) is 5.75 Å². The van der Waals surface area contributed by atoms with Crippen LogP contribution in [0.25, 0.3) is 11.6 Å². The van der Waals surface area contributed by atoms with Gasteiger partial charge in [-0.1, -0.05) is 6.08 Å². The summed E-state index contributed by atoms with van der Waals surface area (Å²) in [6.45, 7) is 2.12. The van der Waals surface area contributed by atoms with Crippen molar-refractivity contribution in [2.24, 2.45) is 0 Å². The van der Waals surface area contributed by atoms with Crippen molar-refractivity contribution in [1.82, 2.24) is 15.3 Å². The highest BCUT2D eigenvalue weighted by Crippen LogP contribution is 2.36. The SMILES string of the molecule is COc1cc(NC2CCNCC2)ncc1C1=Cc2ccncc2C1. The predicted molar refractivity (Wildman–Crippen MR) is 96.1 cm³/mol. The number of pyridine rings is 2. The van der Waals surface area contributed by atoms with Crippen molar-refractivity contribution >= 4 is 17.5 Å². The van der Waals surface area contributed by atoms with Gasteiger partial charge in [-0.2, -0.15) is 0 Å². The summed E-state index contributed by atoms with van der Waals surface area (Å²) in [6, 6.07) is 4.55. The lowest BCUT2D eigenvalue weighted by atomic mass is 10.0. The zero-order valence-electron chi connectivity index (χ0n) is 13.9. The summed E-state index contributed by atoms with van der Waals surface area (Å²) in [6.07, 6.45) is 11.0. The second-order valence-electron chi connectivity index (χ2n) is 6.36. The third-order valence-electron chi connectivity index (χ3n) is 4.77.